The van der Waals surface area contributed by atoms with Gasteiger partial charge in [0.25, 0.3) is 0 Å². The van der Waals surface area contributed by atoms with Crippen molar-refractivity contribution in [2.75, 3.05) is 0 Å². The first-order chi connectivity index (χ1) is 13.9. The third-order valence-electron chi connectivity index (χ3n) is 7.55. The normalized spacial score (nSPS) is 15.2. The van der Waals surface area contributed by atoms with Gasteiger partial charge in [0.2, 0.25) is 0 Å². The summed E-state index contributed by atoms with van der Waals surface area (Å²) in [5.74, 6) is 5.52. The van der Waals surface area contributed by atoms with Crippen LogP contribution in [0.2, 0.25) is 0 Å². The van der Waals surface area contributed by atoms with Gasteiger partial charge in [-0.25, -0.2) is 0 Å². The molecule has 0 heterocycles. The van der Waals surface area contributed by atoms with Crippen LogP contribution in [-0.4, -0.2) is 0 Å². The molecule has 0 rings (SSSR count). The van der Waals surface area contributed by atoms with E-state index in [2.05, 4.69) is 144 Å². The van der Waals surface area contributed by atoms with E-state index in [4.69, 9.17) is 0 Å². The van der Waals surface area contributed by atoms with Gasteiger partial charge in [0.15, 0.2) is 0 Å². The molecule has 2 atom stereocenters. The van der Waals surface area contributed by atoms with Gasteiger partial charge in [-0.2, -0.15) is 47.8 Å². The minimum Gasteiger partial charge on any atom is -0.338 e. The predicted octanol–water partition coefficient (Wildman–Crippen LogP) is 10.8. The molecule has 0 spiro atoms. The zero-order valence-electron chi connectivity index (χ0n) is 27.0. The summed E-state index contributed by atoms with van der Waals surface area (Å²) in [6.07, 6.45) is 5.00. The van der Waals surface area contributed by atoms with Crippen LogP contribution in [0.4, 0.5) is 0 Å². The summed E-state index contributed by atoms with van der Waals surface area (Å²) in [5, 5.41) is 0. The van der Waals surface area contributed by atoms with Crippen LogP contribution in [0.3, 0.4) is 0 Å². The summed E-state index contributed by atoms with van der Waals surface area (Å²) >= 11 is 0. The molecule has 0 aromatic rings. The molecule has 0 aliphatic carbocycles. The largest absolute Gasteiger partial charge is 0.338 e. The van der Waals surface area contributed by atoms with E-state index < -0.39 is 0 Å². The minimum atomic E-state index is 0. The molecule has 2 heteroatoms. The first kappa shape index (κ1) is 43.3. The van der Waals surface area contributed by atoms with E-state index in [0.29, 0.717) is 40.9 Å². The average molecular weight is 627 g/mol. The van der Waals surface area contributed by atoms with Gasteiger partial charge in [-0.1, -0.05) is 128 Å². The molecule has 0 saturated heterocycles. The summed E-state index contributed by atoms with van der Waals surface area (Å²) in [4.78, 5) is 0. The fourth-order valence-corrected chi connectivity index (χ4v) is 7.40. The van der Waals surface area contributed by atoms with Crippen molar-refractivity contribution in [3.63, 3.8) is 0 Å². The Balaban J connectivity index is -0.000000252. The molecule has 0 nitrogen and oxygen atoms in total. The monoisotopic (exact) mass is 626 g/mol. The van der Waals surface area contributed by atoms with E-state index in [1.165, 1.54) is 0 Å². The third-order valence-corrected chi connectivity index (χ3v) is 7.55. The van der Waals surface area contributed by atoms with E-state index in [-0.39, 0.29) is 81.7 Å². The van der Waals surface area contributed by atoms with E-state index in [1.54, 1.807) is 5.92 Å². The Hall–Kier alpha value is 2.21. The van der Waals surface area contributed by atoms with Gasteiger partial charge in [-0.05, 0) is 5.92 Å². The zero-order chi connectivity index (χ0) is 26.5. The molecule has 2 radical (unpaired) electrons. The Morgan fingerprint density at radius 2 is 0.971 bits per heavy atom. The molecule has 0 aromatic carbocycles. The second kappa shape index (κ2) is 17.0. The van der Waals surface area contributed by atoms with Crippen LogP contribution in [0.25, 0.3) is 0 Å². The molecule has 2 unspecified atom stereocenters. The molecule has 0 saturated carbocycles. The molecular weight excluding hydrogens is 562 g/mol. The van der Waals surface area contributed by atoms with Crippen molar-refractivity contribution >= 4 is 0 Å². The van der Waals surface area contributed by atoms with Gasteiger partial charge >= 0.3 is 0 Å². The van der Waals surface area contributed by atoms with E-state index in [1.807, 2.05) is 0 Å². The Morgan fingerprint density at radius 1 is 0.618 bits per heavy atom. The molecule has 34 heavy (non-hydrogen) atoms. The van der Waals surface area contributed by atoms with Crippen molar-refractivity contribution in [1.29, 1.82) is 0 Å². The predicted molar refractivity (Wildman–Crippen MR) is 150 cm³/mol. The number of hydrogen-bond donors (Lipinski definition) is 0. The van der Waals surface area contributed by atoms with E-state index >= 15 is 0 Å². The molecule has 0 N–H and O–H groups in total. The Bertz CT molecular complexity index is 494. The van der Waals surface area contributed by atoms with Crippen molar-refractivity contribution in [3.8, 4) is 0 Å². The number of hydrogen-bond acceptors (Lipinski definition) is 0. The van der Waals surface area contributed by atoms with Gasteiger partial charge in [0, 0.05) is 65.4 Å². The van der Waals surface area contributed by atoms with Crippen LogP contribution in [0.15, 0.2) is 0 Å². The minimum absolute atomic E-state index is 0. The fraction of sp³-hybridized carbons (Fsp3) is 0.875. The maximum Gasteiger partial charge on any atom is 0 e. The molecule has 0 amide bonds. The van der Waals surface area contributed by atoms with Crippen molar-refractivity contribution in [3.05, 3.63) is 25.7 Å². The summed E-state index contributed by atoms with van der Waals surface area (Å²) in [6, 6.07) is 0. The summed E-state index contributed by atoms with van der Waals surface area (Å²) in [6.45, 7) is 46.2. The third kappa shape index (κ3) is 14.4. The van der Waals surface area contributed by atoms with Crippen molar-refractivity contribution in [2.24, 2.45) is 57.2 Å². The van der Waals surface area contributed by atoms with Gasteiger partial charge in [0.1, 0.15) is 0 Å². The quantitative estimate of drug-likeness (QED) is 0.200. The zero-order valence-corrected chi connectivity index (χ0v) is 32.7. The standard InChI is InChI=1S/C17H34.C15H30.2Y/c1-12(2)11-16(7,8)17(9,10)15(13(3)4)14(5)6;1-11(2)10-15(8,9)13(12(3)4)14(5,6)7;;/h11-13,15H,1-10H3;10-13H,5H2,1-4,6-9H3;;/q2*-2;;. The molecule has 202 valence electrons. The fourth-order valence-electron chi connectivity index (χ4n) is 7.40. The molecule has 0 aliphatic heterocycles. The number of rotatable bonds is 11. The molecule has 0 aromatic heterocycles. The van der Waals surface area contributed by atoms with Crippen LogP contribution in [0.5, 0.6) is 0 Å². The first-order valence-electron chi connectivity index (χ1n) is 13.3. The first-order valence-corrected chi connectivity index (χ1v) is 13.3. The Labute approximate surface area is 270 Å². The van der Waals surface area contributed by atoms with Crippen LogP contribution >= 0.6 is 0 Å². The Kier molecular flexibility index (Phi) is 21.7. The van der Waals surface area contributed by atoms with Gasteiger partial charge < -0.3 is 25.7 Å². The average Bonchev–Trinajstić information content (AvgIpc) is 2.39. The van der Waals surface area contributed by atoms with Crippen LogP contribution in [0.1, 0.15) is 125 Å². The molecular formula is C32H64Y2-4. The maximum absolute atomic E-state index is 4.35. The summed E-state index contributed by atoms with van der Waals surface area (Å²) in [7, 11) is 0. The second-order valence-corrected chi connectivity index (χ2v) is 14.6. The smallest absolute Gasteiger partial charge is 0 e. The second-order valence-electron chi connectivity index (χ2n) is 14.6. The van der Waals surface area contributed by atoms with Crippen LogP contribution in [0, 0.1) is 82.9 Å². The summed E-state index contributed by atoms with van der Waals surface area (Å²) < 4.78 is 0. The van der Waals surface area contributed by atoms with Crippen LogP contribution in [-0.2, 0) is 65.4 Å². The van der Waals surface area contributed by atoms with Gasteiger partial charge in [-0.15, -0.1) is 0 Å². The Morgan fingerprint density at radius 3 is 1.18 bits per heavy atom. The van der Waals surface area contributed by atoms with Crippen molar-refractivity contribution < 1.29 is 65.4 Å². The van der Waals surface area contributed by atoms with E-state index in [9.17, 15) is 0 Å². The SMILES string of the molecule is C[C-](C)C(C(C)C)C(C)(C)C(C)(C)[CH-]C(C)C.[CH2-]C(C)(C)C(C(C)C)C(C)(C)[CH-]C(C)C.[Y].[Y]. The van der Waals surface area contributed by atoms with Gasteiger partial charge in [-0.3, -0.25) is 0 Å². The molecule has 0 bridgehead atoms. The maximum atomic E-state index is 4.35. The van der Waals surface area contributed by atoms with Crippen molar-refractivity contribution in [1.82, 2.24) is 0 Å². The molecule has 0 aliphatic rings. The van der Waals surface area contributed by atoms with E-state index in [0.717, 1.165) is 0 Å². The van der Waals surface area contributed by atoms with Crippen molar-refractivity contribution in [2.45, 2.75) is 125 Å². The van der Waals surface area contributed by atoms with Crippen LogP contribution < -0.4 is 0 Å². The molecule has 0 fully saturated rings. The van der Waals surface area contributed by atoms with Gasteiger partial charge in [0.05, 0.1) is 0 Å². The topological polar surface area (TPSA) is 0 Å². The summed E-state index contributed by atoms with van der Waals surface area (Å²) in [5.41, 5.74) is 0.939.